The van der Waals surface area contributed by atoms with E-state index < -0.39 is 0 Å². The topological polar surface area (TPSA) is 83.0 Å². The summed E-state index contributed by atoms with van der Waals surface area (Å²) >= 11 is 1.43. The zero-order chi connectivity index (χ0) is 24.0. The summed E-state index contributed by atoms with van der Waals surface area (Å²) in [5.41, 5.74) is 2.66. The van der Waals surface area contributed by atoms with Gasteiger partial charge in [-0.15, -0.1) is 11.3 Å². The standard InChI is InChI=1S/C27H28N6OS/c1-19(18-33-16-15-28-17-22(33)25-29-13-8-14-30-25)31-26(34)24-23(20-9-4-2-5-10-20)32-27(35-24)21-11-6-3-7-12-21/h2-14,19,22,28H,15-18H2,1H3,(H,31,34). The third-order valence-corrected chi connectivity index (χ3v) is 7.13. The van der Waals surface area contributed by atoms with Gasteiger partial charge in [0.2, 0.25) is 0 Å². The first-order valence-corrected chi connectivity index (χ1v) is 12.6. The lowest BCUT2D eigenvalue weighted by Crippen LogP contribution is -2.51. The van der Waals surface area contributed by atoms with E-state index in [0.717, 1.165) is 47.3 Å². The van der Waals surface area contributed by atoms with Crippen LogP contribution < -0.4 is 10.6 Å². The first-order chi connectivity index (χ1) is 17.2. The van der Waals surface area contributed by atoms with Crippen LogP contribution in [0.15, 0.2) is 79.1 Å². The molecule has 1 aliphatic heterocycles. The Hall–Kier alpha value is -3.46. The predicted molar refractivity (Wildman–Crippen MR) is 139 cm³/mol. The van der Waals surface area contributed by atoms with Crippen LogP contribution in [0.5, 0.6) is 0 Å². The maximum absolute atomic E-state index is 13.5. The van der Waals surface area contributed by atoms with E-state index in [-0.39, 0.29) is 18.0 Å². The summed E-state index contributed by atoms with van der Waals surface area (Å²) < 4.78 is 0. The van der Waals surface area contributed by atoms with E-state index in [1.165, 1.54) is 11.3 Å². The van der Waals surface area contributed by atoms with Gasteiger partial charge in [-0.25, -0.2) is 15.0 Å². The summed E-state index contributed by atoms with van der Waals surface area (Å²) in [6.45, 7) is 5.32. The van der Waals surface area contributed by atoms with Crippen molar-refractivity contribution in [2.24, 2.45) is 0 Å². The number of aromatic nitrogens is 3. The second-order valence-corrected chi connectivity index (χ2v) is 9.62. The molecule has 0 radical (unpaired) electrons. The zero-order valence-electron chi connectivity index (χ0n) is 19.6. The molecule has 3 heterocycles. The first kappa shape index (κ1) is 23.3. The van der Waals surface area contributed by atoms with Crippen LogP contribution in [0.4, 0.5) is 0 Å². The maximum atomic E-state index is 13.5. The van der Waals surface area contributed by atoms with Crippen LogP contribution in [0.1, 0.15) is 28.5 Å². The Morgan fingerprint density at radius 2 is 1.74 bits per heavy atom. The van der Waals surface area contributed by atoms with Gasteiger partial charge in [-0.2, -0.15) is 0 Å². The molecule has 2 unspecified atom stereocenters. The molecule has 1 amide bonds. The molecule has 2 aromatic carbocycles. The van der Waals surface area contributed by atoms with Crippen molar-refractivity contribution in [2.75, 3.05) is 26.2 Å². The van der Waals surface area contributed by atoms with Gasteiger partial charge in [0.1, 0.15) is 15.7 Å². The molecule has 7 nitrogen and oxygen atoms in total. The number of piperazine rings is 1. The van der Waals surface area contributed by atoms with Gasteiger partial charge in [0.15, 0.2) is 0 Å². The minimum Gasteiger partial charge on any atom is -0.348 e. The van der Waals surface area contributed by atoms with Gasteiger partial charge in [-0.1, -0.05) is 60.7 Å². The highest BCUT2D eigenvalue weighted by molar-refractivity contribution is 7.17. The van der Waals surface area contributed by atoms with Crippen LogP contribution in [-0.2, 0) is 0 Å². The van der Waals surface area contributed by atoms with Crippen LogP contribution in [-0.4, -0.2) is 58.0 Å². The van der Waals surface area contributed by atoms with Crippen LogP contribution in [0, 0.1) is 0 Å². The normalized spacial score (nSPS) is 17.1. The molecule has 8 heteroatoms. The number of benzene rings is 2. The van der Waals surface area contributed by atoms with Gasteiger partial charge < -0.3 is 10.6 Å². The number of rotatable bonds is 7. The van der Waals surface area contributed by atoms with Crippen molar-refractivity contribution in [1.82, 2.24) is 30.5 Å². The van der Waals surface area contributed by atoms with Crippen molar-refractivity contribution in [3.8, 4) is 21.8 Å². The Balaban J connectivity index is 1.35. The Morgan fingerprint density at radius 1 is 1.06 bits per heavy atom. The highest BCUT2D eigenvalue weighted by Gasteiger charge is 2.28. The van der Waals surface area contributed by atoms with Crippen molar-refractivity contribution in [2.45, 2.75) is 19.0 Å². The Bertz CT molecular complexity index is 1250. The molecule has 0 spiro atoms. The largest absolute Gasteiger partial charge is 0.348 e. The fraction of sp³-hybridized carbons (Fsp3) is 0.259. The van der Waals surface area contributed by atoms with Gasteiger partial charge in [0.05, 0.1) is 11.7 Å². The summed E-state index contributed by atoms with van der Waals surface area (Å²) in [5.74, 6) is 0.707. The van der Waals surface area contributed by atoms with Crippen molar-refractivity contribution in [3.05, 3.63) is 89.8 Å². The maximum Gasteiger partial charge on any atom is 0.263 e. The molecule has 0 bridgehead atoms. The molecule has 35 heavy (non-hydrogen) atoms. The molecule has 2 N–H and O–H groups in total. The van der Waals surface area contributed by atoms with E-state index in [4.69, 9.17) is 4.98 Å². The van der Waals surface area contributed by atoms with Crippen molar-refractivity contribution in [3.63, 3.8) is 0 Å². The summed E-state index contributed by atoms with van der Waals surface area (Å²) in [6.07, 6.45) is 3.55. The molecule has 0 aliphatic carbocycles. The van der Waals surface area contributed by atoms with Crippen LogP contribution in [0.2, 0.25) is 0 Å². The van der Waals surface area contributed by atoms with E-state index in [1.807, 2.05) is 73.7 Å². The number of nitrogens with zero attached hydrogens (tertiary/aromatic N) is 4. The second kappa shape index (κ2) is 10.9. The molecular formula is C27H28N6OS. The molecule has 2 aromatic heterocycles. The van der Waals surface area contributed by atoms with E-state index in [2.05, 4.69) is 25.5 Å². The van der Waals surface area contributed by atoms with E-state index >= 15 is 0 Å². The number of carbonyl (C=O) groups is 1. The number of hydrogen-bond donors (Lipinski definition) is 2. The van der Waals surface area contributed by atoms with Crippen molar-refractivity contribution in [1.29, 1.82) is 0 Å². The number of hydrogen-bond acceptors (Lipinski definition) is 7. The lowest BCUT2D eigenvalue weighted by molar-refractivity contribution is 0.0911. The van der Waals surface area contributed by atoms with E-state index in [9.17, 15) is 4.79 Å². The smallest absolute Gasteiger partial charge is 0.263 e. The average molecular weight is 485 g/mol. The molecule has 4 aromatic rings. The highest BCUT2D eigenvalue weighted by Crippen LogP contribution is 2.34. The minimum absolute atomic E-state index is 0.0577. The van der Waals surface area contributed by atoms with Gasteiger partial charge in [-0.05, 0) is 13.0 Å². The third-order valence-electron chi connectivity index (χ3n) is 6.03. The monoisotopic (exact) mass is 484 g/mol. The molecule has 5 rings (SSSR count). The predicted octanol–water partition coefficient (Wildman–Crippen LogP) is 4.03. The summed E-state index contributed by atoms with van der Waals surface area (Å²) in [6, 6.07) is 21.7. The summed E-state index contributed by atoms with van der Waals surface area (Å²) in [4.78, 5) is 30.3. The summed E-state index contributed by atoms with van der Waals surface area (Å²) in [7, 11) is 0. The van der Waals surface area contributed by atoms with Crippen LogP contribution in [0.25, 0.3) is 21.8 Å². The Kier molecular flexibility index (Phi) is 7.23. The zero-order valence-corrected chi connectivity index (χ0v) is 20.4. The van der Waals surface area contributed by atoms with Crippen molar-refractivity contribution < 1.29 is 4.79 Å². The first-order valence-electron chi connectivity index (χ1n) is 11.8. The lowest BCUT2D eigenvalue weighted by atomic mass is 10.1. The third kappa shape index (κ3) is 5.45. The SMILES string of the molecule is CC(CN1CCNCC1c1ncccn1)NC(=O)c1sc(-c2ccccc2)nc1-c1ccccc1. The lowest BCUT2D eigenvalue weighted by Gasteiger charge is -2.36. The van der Waals surface area contributed by atoms with E-state index in [0.29, 0.717) is 11.4 Å². The second-order valence-electron chi connectivity index (χ2n) is 8.63. The van der Waals surface area contributed by atoms with Crippen LogP contribution >= 0.6 is 11.3 Å². The fourth-order valence-electron chi connectivity index (χ4n) is 4.36. The van der Waals surface area contributed by atoms with Crippen molar-refractivity contribution >= 4 is 17.2 Å². The number of carbonyl (C=O) groups excluding carboxylic acids is 1. The quantitative estimate of drug-likeness (QED) is 0.412. The summed E-state index contributed by atoms with van der Waals surface area (Å²) in [5, 5.41) is 7.49. The molecule has 2 atom stereocenters. The molecule has 1 fully saturated rings. The fourth-order valence-corrected chi connectivity index (χ4v) is 5.35. The molecule has 178 valence electrons. The molecule has 1 saturated heterocycles. The molecular weight excluding hydrogens is 456 g/mol. The van der Waals surface area contributed by atoms with Gasteiger partial charge in [0, 0.05) is 55.7 Å². The Labute approximate surface area is 209 Å². The van der Waals surface area contributed by atoms with Gasteiger partial charge in [0.25, 0.3) is 5.91 Å². The average Bonchev–Trinajstić information content (AvgIpc) is 3.36. The van der Waals surface area contributed by atoms with Gasteiger partial charge in [-0.3, -0.25) is 9.69 Å². The number of nitrogens with one attached hydrogen (secondary N) is 2. The minimum atomic E-state index is -0.0984. The highest BCUT2D eigenvalue weighted by atomic mass is 32.1. The van der Waals surface area contributed by atoms with Crippen LogP contribution in [0.3, 0.4) is 0 Å². The van der Waals surface area contributed by atoms with E-state index in [1.54, 1.807) is 12.4 Å². The van der Waals surface area contributed by atoms with Gasteiger partial charge >= 0.3 is 0 Å². The Morgan fingerprint density at radius 3 is 2.46 bits per heavy atom. The molecule has 0 saturated carbocycles. The number of thiazole rings is 1. The molecule has 1 aliphatic rings. The number of amides is 1.